The van der Waals surface area contributed by atoms with Gasteiger partial charge in [-0.2, -0.15) is 0 Å². The number of nitrogens with zero attached hydrogens (tertiary/aromatic N) is 1. The Bertz CT molecular complexity index is 602. The number of benzene rings is 1. The average Bonchev–Trinajstić information content (AvgIpc) is 2.66. The van der Waals surface area contributed by atoms with Crippen molar-refractivity contribution in [3.63, 3.8) is 0 Å². The molecule has 0 saturated carbocycles. The summed E-state index contributed by atoms with van der Waals surface area (Å²) in [5.41, 5.74) is 5.37. The Balaban J connectivity index is 2.00. The van der Waals surface area contributed by atoms with Crippen LogP contribution in [0.25, 0.3) is 5.57 Å². The lowest BCUT2D eigenvalue weighted by atomic mass is 9.83. The second-order valence-corrected chi connectivity index (χ2v) is 4.81. The molecule has 17 heavy (non-hydrogen) atoms. The molecule has 82 valence electrons. The van der Waals surface area contributed by atoms with E-state index >= 15 is 0 Å². The van der Waals surface area contributed by atoms with Crippen LogP contribution in [0, 0.1) is 11.8 Å². The minimum Gasteiger partial charge on any atom is -0.284 e. The van der Waals surface area contributed by atoms with Gasteiger partial charge in [0.05, 0.1) is 12.3 Å². The molecule has 2 unspecified atom stereocenters. The first-order valence-electron chi connectivity index (χ1n) is 6.13. The van der Waals surface area contributed by atoms with E-state index in [0.717, 1.165) is 6.54 Å². The summed E-state index contributed by atoms with van der Waals surface area (Å²) in [7, 11) is 0. The minimum absolute atomic E-state index is 0.432. The molecule has 0 amide bonds. The van der Waals surface area contributed by atoms with Gasteiger partial charge in [-0.1, -0.05) is 54.6 Å². The lowest BCUT2D eigenvalue weighted by molar-refractivity contribution is 0.710. The average molecular weight is 219 g/mol. The Hall–Kier alpha value is -1.89. The van der Waals surface area contributed by atoms with Crippen molar-refractivity contribution in [3.8, 4) is 0 Å². The third-order valence-corrected chi connectivity index (χ3v) is 3.86. The van der Waals surface area contributed by atoms with Gasteiger partial charge in [0.15, 0.2) is 0 Å². The first-order valence-corrected chi connectivity index (χ1v) is 6.13. The number of aliphatic imine (C=N–C) groups is 1. The predicted molar refractivity (Wildman–Crippen MR) is 71.1 cm³/mol. The van der Waals surface area contributed by atoms with Crippen molar-refractivity contribution in [2.75, 3.05) is 6.54 Å². The molecule has 0 fully saturated rings. The van der Waals surface area contributed by atoms with Gasteiger partial charge in [-0.3, -0.25) is 4.99 Å². The van der Waals surface area contributed by atoms with Crippen molar-refractivity contribution in [1.29, 1.82) is 0 Å². The van der Waals surface area contributed by atoms with E-state index in [4.69, 9.17) is 4.99 Å². The minimum atomic E-state index is 0.432. The lowest BCUT2D eigenvalue weighted by Crippen LogP contribution is -2.22. The quantitative estimate of drug-likeness (QED) is 0.635. The van der Waals surface area contributed by atoms with Crippen molar-refractivity contribution < 1.29 is 0 Å². The fourth-order valence-electron chi connectivity index (χ4n) is 3.04. The molecule has 2 atom stereocenters. The second-order valence-electron chi connectivity index (χ2n) is 4.81. The molecule has 5 rings (SSSR count). The second kappa shape index (κ2) is 3.30. The van der Waals surface area contributed by atoms with E-state index in [1.807, 2.05) is 0 Å². The van der Waals surface area contributed by atoms with Crippen LogP contribution in [-0.4, -0.2) is 12.3 Å². The molecular formula is C16H13N. The number of allylic oxidation sites excluding steroid dienone is 5. The molecule has 1 heteroatoms. The summed E-state index contributed by atoms with van der Waals surface area (Å²) in [6, 6.07) is 8.66. The molecular weight excluding hydrogens is 206 g/mol. The van der Waals surface area contributed by atoms with Gasteiger partial charge >= 0.3 is 0 Å². The largest absolute Gasteiger partial charge is 0.284 e. The normalized spacial score (nSPS) is 28.0. The summed E-state index contributed by atoms with van der Waals surface area (Å²) in [5.74, 6) is 0.921. The van der Waals surface area contributed by atoms with Crippen LogP contribution in [0.5, 0.6) is 0 Å². The highest BCUT2D eigenvalue weighted by Gasteiger charge is 2.31. The standard InChI is InChI=1S/C16H13N/c1-2-7-14-11(5-1)9-12-10-17-16(14)15-8-4-3-6-13(12)15/h1-9,11,14H,10H2. The van der Waals surface area contributed by atoms with Crippen LogP contribution in [0.1, 0.15) is 11.1 Å². The lowest BCUT2D eigenvalue weighted by Gasteiger charge is -2.22. The molecule has 0 spiro atoms. The Kier molecular flexibility index (Phi) is 1.78. The van der Waals surface area contributed by atoms with E-state index < -0.39 is 0 Å². The molecule has 0 radical (unpaired) electrons. The van der Waals surface area contributed by atoms with Gasteiger partial charge < -0.3 is 0 Å². The Morgan fingerprint density at radius 2 is 1.82 bits per heavy atom. The zero-order valence-corrected chi connectivity index (χ0v) is 9.51. The highest BCUT2D eigenvalue weighted by Crippen LogP contribution is 2.38. The Labute approximate surface area is 101 Å². The Morgan fingerprint density at radius 1 is 1.00 bits per heavy atom. The van der Waals surface area contributed by atoms with E-state index in [9.17, 15) is 0 Å². The molecule has 4 aliphatic rings. The van der Waals surface area contributed by atoms with Crippen molar-refractivity contribution in [1.82, 2.24) is 0 Å². The molecule has 1 aromatic carbocycles. The summed E-state index contributed by atoms with van der Waals surface area (Å²) in [5, 5.41) is 0. The van der Waals surface area contributed by atoms with E-state index in [1.54, 1.807) is 0 Å². The van der Waals surface area contributed by atoms with Crippen molar-refractivity contribution >= 4 is 11.3 Å². The summed E-state index contributed by atoms with van der Waals surface area (Å²) in [6.07, 6.45) is 11.3. The van der Waals surface area contributed by atoms with Crippen molar-refractivity contribution in [3.05, 3.63) is 65.8 Å². The van der Waals surface area contributed by atoms with Gasteiger partial charge in [-0.15, -0.1) is 0 Å². The smallest absolute Gasteiger partial charge is 0.0646 e. The van der Waals surface area contributed by atoms with Gasteiger partial charge in [0, 0.05) is 17.4 Å². The molecule has 0 saturated heterocycles. The van der Waals surface area contributed by atoms with Crippen LogP contribution in [0.2, 0.25) is 0 Å². The van der Waals surface area contributed by atoms with Crippen LogP contribution in [0.4, 0.5) is 0 Å². The zero-order valence-electron chi connectivity index (χ0n) is 9.51. The Morgan fingerprint density at radius 3 is 2.76 bits per heavy atom. The SMILES string of the molecule is C1=CC2C=C3CN=C(c4ccccc43)C2C=C1. The van der Waals surface area contributed by atoms with E-state index in [-0.39, 0.29) is 0 Å². The fourth-order valence-corrected chi connectivity index (χ4v) is 3.04. The molecule has 1 nitrogen and oxygen atoms in total. The molecule has 2 bridgehead atoms. The summed E-state index contributed by atoms with van der Waals surface area (Å²) in [4.78, 5) is 4.78. The van der Waals surface area contributed by atoms with E-state index in [0.29, 0.717) is 11.8 Å². The van der Waals surface area contributed by atoms with Crippen LogP contribution < -0.4 is 0 Å². The third-order valence-electron chi connectivity index (χ3n) is 3.86. The third kappa shape index (κ3) is 1.22. The molecule has 2 aliphatic heterocycles. The fraction of sp³-hybridized carbons (Fsp3) is 0.188. The van der Waals surface area contributed by atoms with Gasteiger partial charge in [0.25, 0.3) is 0 Å². The van der Waals surface area contributed by atoms with Crippen molar-refractivity contribution in [2.24, 2.45) is 16.8 Å². The number of rotatable bonds is 0. The molecule has 2 heterocycles. The van der Waals surface area contributed by atoms with Crippen molar-refractivity contribution in [2.45, 2.75) is 0 Å². The number of fused-ring (bicyclic) bond motifs is 1. The maximum atomic E-state index is 4.78. The van der Waals surface area contributed by atoms with Gasteiger partial charge in [0.1, 0.15) is 0 Å². The predicted octanol–water partition coefficient (Wildman–Crippen LogP) is 3.24. The maximum Gasteiger partial charge on any atom is 0.0646 e. The molecule has 2 aliphatic carbocycles. The zero-order chi connectivity index (χ0) is 11.2. The highest BCUT2D eigenvalue weighted by atomic mass is 14.8. The monoisotopic (exact) mass is 219 g/mol. The van der Waals surface area contributed by atoms with Gasteiger partial charge in [0.2, 0.25) is 0 Å². The van der Waals surface area contributed by atoms with E-state index in [1.165, 1.54) is 22.4 Å². The highest BCUT2D eigenvalue weighted by molar-refractivity contribution is 6.10. The van der Waals surface area contributed by atoms with Crippen LogP contribution in [0.3, 0.4) is 0 Å². The maximum absolute atomic E-state index is 4.78. The topological polar surface area (TPSA) is 12.4 Å². The first kappa shape index (κ1) is 9.17. The molecule has 0 N–H and O–H groups in total. The van der Waals surface area contributed by atoms with Gasteiger partial charge in [-0.05, 0) is 11.1 Å². The summed E-state index contributed by atoms with van der Waals surface area (Å²) in [6.45, 7) is 0.848. The van der Waals surface area contributed by atoms with E-state index in [2.05, 4.69) is 54.6 Å². The number of hydrogen-bond donors (Lipinski definition) is 0. The molecule has 0 aromatic heterocycles. The molecule has 1 aromatic rings. The van der Waals surface area contributed by atoms with Crippen LogP contribution in [0.15, 0.2) is 59.6 Å². The van der Waals surface area contributed by atoms with Crippen LogP contribution >= 0.6 is 0 Å². The number of hydrogen-bond acceptors (Lipinski definition) is 1. The first-order chi connectivity index (χ1) is 8.43. The van der Waals surface area contributed by atoms with Gasteiger partial charge in [-0.25, -0.2) is 0 Å². The van der Waals surface area contributed by atoms with Crippen LogP contribution in [-0.2, 0) is 0 Å². The summed E-state index contributed by atoms with van der Waals surface area (Å²) >= 11 is 0. The summed E-state index contributed by atoms with van der Waals surface area (Å²) < 4.78 is 0.